The zero-order chi connectivity index (χ0) is 14.8. The second-order valence-electron chi connectivity index (χ2n) is 5.94. The van der Waals surface area contributed by atoms with Gasteiger partial charge in [-0.25, -0.2) is 0 Å². The number of aromatic hydroxyl groups is 2. The third-order valence-corrected chi connectivity index (χ3v) is 4.68. The number of nitrogens with zero attached hydrogens (tertiary/aromatic N) is 2. The minimum absolute atomic E-state index is 0.0202. The first-order valence-corrected chi connectivity index (χ1v) is 7.71. The zero-order valence-electron chi connectivity index (χ0n) is 12.2. The minimum atomic E-state index is -0.281. The molecule has 0 radical (unpaired) electrons. The Hall–Kier alpha value is -1.75. The molecule has 1 saturated carbocycles. The van der Waals surface area contributed by atoms with Gasteiger partial charge in [-0.05, 0) is 25.0 Å². The number of phenols is 2. The van der Waals surface area contributed by atoms with Crippen molar-refractivity contribution in [3.05, 3.63) is 23.8 Å². The number of piperazine rings is 1. The maximum absolute atomic E-state index is 12.5. The molecule has 2 fully saturated rings. The lowest BCUT2D eigenvalue weighted by Gasteiger charge is -2.38. The molecule has 0 aromatic heterocycles. The van der Waals surface area contributed by atoms with Crippen molar-refractivity contribution in [2.45, 2.75) is 31.7 Å². The molecule has 0 spiro atoms. The van der Waals surface area contributed by atoms with Gasteiger partial charge in [0.1, 0.15) is 17.1 Å². The largest absolute Gasteiger partial charge is 0.507 e. The Labute approximate surface area is 124 Å². The van der Waals surface area contributed by atoms with Crippen LogP contribution in [0.4, 0.5) is 0 Å². The highest BCUT2D eigenvalue weighted by Gasteiger charge is 2.29. The molecule has 0 bridgehead atoms. The summed E-state index contributed by atoms with van der Waals surface area (Å²) in [5, 5.41) is 19.6. The molecule has 0 atom stereocenters. The number of benzene rings is 1. The summed E-state index contributed by atoms with van der Waals surface area (Å²) in [4.78, 5) is 16.7. The van der Waals surface area contributed by atoms with Crippen LogP contribution in [0.15, 0.2) is 18.2 Å². The van der Waals surface area contributed by atoms with Gasteiger partial charge in [0.05, 0.1) is 0 Å². The van der Waals surface area contributed by atoms with E-state index in [2.05, 4.69) is 4.90 Å². The fourth-order valence-electron chi connectivity index (χ4n) is 3.47. The Morgan fingerprint density at radius 2 is 1.57 bits per heavy atom. The summed E-state index contributed by atoms with van der Waals surface area (Å²) in [5.41, 5.74) is 0.0202. The predicted octanol–water partition coefficient (Wildman–Crippen LogP) is 1.80. The van der Waals surface area contributed by atoms with Gasteiger partial charge in [-0.15, -0.1) is 0 Å². The molecule has 1 amide bonds. The topological polar surface area (TPSA) is 64.0 Å². The Kier molecular flexibility index (Phi) is 4.01. The van der Waals surface area contributed by atoms with E-state index < -0.39 is 0 Å². The Morgan fingerprint density at radius 3 is 2.14 bits per heavy atom. The lowest BCUT2D eigenvalue weighted by atomic mass is 10.1. The van der Waals surface area contributed by atoms with Crippen molar-refractivity contribution in [1.82, 2.24) is 9.80 Å². The van der Waals surface area contributed by atoms with Gasteiger partial charge in [0.2, 0.25) is 0 Å². The van der Waals surface area contributed by atoms with E-state index in [-0.39, 0.29) is 23.0 Å². The van der Waals surface area contributed by atoms with E-state index in [1.165, 1.54) is 43.9 Å². The second kappa shape index (κ2) is 5.93. The standard InChI is InChI=1S/C16H22N2O3/c19-13-6-3-7-14(20)15(13)16(21)18-10-8-17(9-11-18)12-4-1-2-5-12/h3,6-7,12,19-20H,1-2,4-5,8-11H2. The van der Waals surface area contributed by atoms with Gasteiger partial charge in [-0.3, -0.25) is 9.69 Å². The van der Waals surface area contributed by atoms with Gasteiger partial charge in [-0.1, -0.05) is 18.9 Å². The third kappa shape index (κ3) is 2.83. The summed E-state index contributed by atoms with van der Waals surface area (Å²) in [7, 11) is 0. The predicted molar refractivity (Wildman–Crippen MR) is 79.5 cm³/mol. The molecule has 1 saturated heterocycles. The van der Waals surface area contributed by atoms with Gasteiger partial charge >= 0.3 is 0 Å². The molecule has 1 aromatic carbocycles. The third-order valence-electron chi connectivity index (χ3n) is 4.68. The molecular weight excluding hydrogens is 268 g/mol. The number of carbonyl (C=O) groups excluding carboxylic acids is 1. The fraction of sp³-hybridized carbons (Fsp3) is 0.562. The van der Waals surface area contributed by atoms with Crippen molar-refractivity contribution in [2.75, 3.05) is 26.2 Å². The number of hydrogen-bond donors (Lipinski definition) is 2. The molecule has 5 nitrogen and oxygen atoms in total. The lowest BCUT2D eigenvalue weighted by Crippen LogP contribution is -2.51. The average molecular weight is 290 g/mol. The highest BCUT2D eigenvalue weighted by molar-refractivity contribution is 5.99. The van der Waals surface area contributed by atoms with Crippen molar-refractivity contribution in [3.8, 4) is 11.5 Å². The van der Waals surface area contributed by atoms with Crippen LogP contribution in [0.2, 0.25) is 0 Å². The zero-order valence-corrected chi connectivity index (χ0v) is 12.2. The minimum Gasteiger partial charge on any atom is -0.507 e. The van der Waals surface area contributed by atoms with Crippen molar-refractivity contribution in [3.63, 3.8) is 0 Å². The number of hydrogen-bond acceptors (Lipinski definition) is 4. The number of rotatable bonds is 2. The quantitative estimate of drug-likeness (QED) is 0.872. The van der Waals surface area contributed by atoms with Crippen LogP contribution >= 0.6 is 0 Å². The average Bonchev–Trinajstić information content (AvgIpc) is 3.01. The summed E-state index contributed by atoms with van der Waals surface area (Å²) in [6, 6.07) is 5.07. The fourth-order valence-corrected chi connectivity index (χ4v) is 3.47. The van der Waals surface area contributed by atoms with Crippen molar-refractivity contribution in [2.24, 2.45) is 0 Å². The van der Waals surface area contributed by atoms with Crippen LogP contribution in [0.1, 0.15) is 36.0 Å². The van der Waals surface area contributed by atoms with Crippen LogP contribution in [0.25, 0.3) is 0 Å². The van der Waals surface area contributed by atoms with Gasteiger partial charge in [0, 0.05) is 32.2 Å². The van der Waals surface area contributed by atoms with E-state index in [1.54, 1.807) is 4.90 Å². The summed E-state index contributed by atoms with van der Waals surface area (Å²) in [5.74, 6) is -0.590. The molecule has 1 aliphatic heterocycles. The molecule has 3 rings (SSSR count). The molecule has 1 heterocycles. The molecule has 114 valence electrons. The highest BCUT2D eigenvalue weighted by Crippen LogP contribution is 2.29. The van der Waals surface area contributed by atoms with Crippen molar-refractivity contribution in [1.29, 1.82) is 0 Å². The van der Waals surface area contributed by atoms with Crippen LogP contribution in [-0.2, 0) is 0 Å². The smallest absolute Gasteiger partial charge is 0.261 e. The van der Waals surface area contributed by atoms with Crippen molar-refractivity contribution < 1.29 is 15.0 Å². The van der Waals surface area contributed by atoms with E-state index in [9.17, 15) is 15.0 Å². The first kappa shape index (κ1) is 14.2. The van der Waals surface area contributed by atoms with Crippen LogP contribution in [0.3, 0.4) is 0 Å². The SMILES string of the molecule is O=C(c1c(O)cccc1O)N1CCN(C2CCCC2)CC1. The van der Waals surface area contributed by atoms with Gasteiger partial charge in [0.25, 0.3) is 5.91 Å². The van der Waals surface area contributed by atoms with E-state index >= 15 is 0 Å². The van der Waals surface area contributed by atoms with Gasteiger partial charge in [-0.2, -0.15) is 0 Å². The highest BCUT2D eigenvalue weighted by atomic mass is 16.3. The summed E-state index contributed by atoms with van der Waals surface area (Å²) in [6.07, 6.45) is 5.17. The van der Waals surface area contributed by atoms with Gasteiger partial charge in [0.15, 0.2) is 0 Å². The first-order valence-electron chi connectivity index (χ1n) is 7.71. The summed E-state index contributed by atoms with van der Waals surface area (Å²) >= 11 is 0. The van der Waals surface area contributed by atoms with Crippen LogP contribution < -0.4 is 0 Å². The monoisotopic (exact) mass is 290 g/mol. The molecule has 5 heteroatoms. The van der Waals surface area contributed by atoms with Gasteiger partial charge < -0.3 is 15.1 Å². The van der Waals surface area contributed by atoms with E-state index in [1.807, 2.05) is 0 Å². The Morgan fingerprint density at radius 1 is 1.00 bits per heavy atom. The first-order chi connectivity index (χ1) is 10.2. The van der Waals surface area contributed by atoms with Crippen LogP contribution in [-0.4, -0.2) is 58.1 Å². The maximum Gasteiger partial charge on any atom is 0.261 e. The van der Waals surface area contributed by atoms with E-state index in [0.717, 1.165) is 13.1 Å². The molecule has 2 aliphatic rings. The lowest BCUT2D eigenvalue weighted by molar-refractivity contribution is 0.0568. The molecular formula is C16H22N2O3. The van der Waals surface area contributed by atoms with Crippen molar-refractivity contribution >= 4 is 5.91 Å². The molecule has 1 aromatic rings. The Bertz CT molecular complexity index is 498. The van der Waals surface area contributed by atoms with E-state index in [4.69, 9.17) is 0 Å². The number of carbonyl (C=O) groups is 1. The molecule has 0 unspecified atom stereocenters. The maximum atomic E-state index is 12.5. The number of phenolic OH excluding ortho intramolecular Hbond substituents is 2. The normalized spacial score (nSPS) is 20.9. The molecule has 2 N–H and O–H groups in total. The van der Waals surface area contributed by atoms with Crippen LogP contribution in [0, 0.1) is 0 Å². The second-order valence-corrected chi connectivity index (χ2v) is 5.94. The molecule has 21 heavy (non-hydrogen) atoms. The molecule has 1 aliphatic carbocycles. The van der Waals surface area contributed by atoms with Crippen LogP contribution in [0.5, 0.6) is 11.5 Å². The Balaban J connectivity index is 1.65. The van der Waals surface area contributed by atoms with E-state index in [0.29, 0.717) is 19.1 Å². The number of amides is 1. The summed E-state index contributed by atoms with van der Waals surface area (Å²) < 4.78 is 0. The summed E-state index contributed by atoms with van der Waals surface area (Å²) in [6.45, 7) is 3.07.